The minimum Gasteiger partial charge on any atom is -0.465 e. The first-order valence-electron chi connectivity index (χ1n) is 5.48. The number of hydrogen-bond donors (Lipinski definition) is 1. The van der Waals surface area contributed by atoms with Crippen molar-refractivity contribution in [2.75, 3.05) is 5.32 Å². The lowest BCUT2D eigenvalue weighted by atomic mass is 10.3. The van der Waals surface area contributed by atoms with Crippen molar-refractivity contribution in [3.8, 4) is 5.75 Å². The highest BCUT2D eigenvalue weighted by atomic mass is 19.3. The predicted octanol–water partition coefficient (Wildman–Crippen LogP) is 3.80. The monoisotopic (exact) mass is 253 g/mol. The Balaban J connectivity index is 2.04. The second-order valence-electron chi connectivity index (χ2n) is 3.74. The van der Waals surface area contributed by atoms with Gasteiger partial charge in [0.15, 0.2) is 0 Å². The fraction of sp³-hybridized carbons (Fsp3) is 0.231. The summed E-state index contributed by atoms with van der Waals surface area (Å²) in [6.07, 6.45) is 0. The van der Waals surface area contributed by atoms with Gasteiger partial charge >= 0.3 is 6.61 Å². The Morgan fingerprint density at radius 1 is 1.22 bits per heavy atom. The van der Waals surface area contributed by atoms with E-state index in [2.05, 4.69) is 10.1 Å². The Hall–Kier alpha value is -2.04. The molecule has 0 fully saturated rings. The van der Waals surface area contributed by atoms with Gasteiger partial charge < -0.3 is 14.5 Å². The Morgan fingerprint density at radius 3 is 2.67 bits per heavy atom. The smallest absolute Gasteiger partial charge is 0.387 e. The molecule has 1 aromatic carbocycles. The molecule has 0 unspecified atom stereocenters. The molecule has 5 heteroatoms. The molecule has 96 valence electrons. The maximum absolute atomic E-state index is 12.2. The van der Waals surface area contributed by atoms with Crippen molar-refractivity contribution in [2.24, 2.45) is 0 Å². The van der Waals surface area contributed by atoms with Crippen LogP contribution in [0, 0.1) is 6.92 Å². The van der Waals surface area contributed by atoms with Gasteiger partial charge in [-0.3, -0.25) is 0 Å². The van der Waals surface area contributed by atoms with Gasteiger partial charge in [0, 0.05) is 0 Å². The SMILES string of the molecule is Cc1ccc(CNc2ccccc2OC(F)F)o1. The van der Waals surface area contributed by atoms with Gasteiger partial charge in [0.05, 0.1) is 12.2 Å². The summed E-state index contributed by atoms with van der Waals surface area (Å²) in [6, 6.07) is 10.2. The zero-order chi connectivity index (χ0) is 13.0. The molecule has 2 rings (SSSR count). The standard InChI is InChI=1S/C13H13F2NO2/c1-9-6-7-10(17-9)8-16-11-4-2-3-5-12(11)18-13(14)15/h2-7,13,16H,8H2,1H3. The van der Waals surface area contributed by atoms with Gasteiger partial charge in [-0.15, -0.1) is 0 Å². The van der Waals surface area contributed by atoms with Crippen molar-refractivity contribution in [2.45, 2.75) is 20.1 Å². The minimum absolute atomic E-state index is 0.121. The van der Waals surface area contributed by atoms with Crippen LogP contribution in [0.15, 0.2) is 40.8 Å². The number of furan rings is 1. The second-order valence-corrected chi connectivity index (χ2v) is 3.74. The largest absolute Gasteiger partial charge is 0.465 e. The molecule has 3 nitrogen and oxygen atoms in total. The molecule has 0 atom stereocenters. The molecule has 0 spiro atoms. The van der Waals surface area contributed by atoms with Crippen LogP contribution in [-0.4, -0.2) is 6.61 Å². The molecule has 1 aromatic heterocycles. The molecule has 0 aliphatic rings. The van der Waals surface area contributed by atoms with Gasteiger partial charge in [-0.1, -0.05) is 12.1 Å². The highest BCUT2D eigenvalue weighted by Gasteiger charge is 2.09. The summed E-state index contributed by atoms with van der Waals surface area (Å²) in [4.78, 5) is 0. The van der Waals surface area contributed by atoms with Gasteiger partial charge in [-0.25, -0.2) is 0 Å². The van der Waals surface area contributed by atoms with Crippen LogP contribution in [0.5, 0.6) is 5.75 Å². The third-order valence-electron chi connectivity index (χ3n) is 2.35. The summed E-state index contributed by atoms with van der Waals surface area (Å²) in [7, 11) is 0. The van der Waals surface area contributed by atoms with Crippen molar-refractivity contribution in [1.82, 2.24) is 0 Å². The predicted molar refractivity (Wildman–Crippen MR) is 63.8 cm³/mol. The number of ether oxygens (including phenoxy) is 1. The van der Waals surface area contributed by atoms with Crippen molar-refractivity contribution < 1.29 is 17.9 Å². The fourth-order valence-corrected chi connectivity index (χ4v) is 1.57. The van der Waals surface area contributed by atoms with Gasteiger partial charge in [0.25, 0.3) is 0 Å². The highest BCUT2D eigenvalue weighted by molar-refractivity contribution is 5.56. The molecule has 0 saturated carbocycles. The Bertz CT molecular complexity index is 511. The quantitative estimate of drug-likeness (QED) is 0.880. The number of nitrogens with one attached hydrogen (secondary N) is 1. The first-order valence-corrected chi connectivity index (χ1v) is 5.48. The lowest BCUT2D eigenvalue weighted by Crippen LogP contribution is -2.06. The van der Waals surface area contributed by atoms with E-state index in [-0.39, 0.29) is 5.75 Å². The maximum atomic E-state index is 12.2. The number of halogens is 2. The molecule has 0 saturated heterocycles. The first kappa shape index (κ1) is 12.4. The fourth-order valence-electron chi connectivity index (χ4n) is 1.57. The van der Waals surface area contributed by atoms with Crippen LogP contribution in [0.1, 0.15) is 11.5 Å². The number of rotatable bonds is 5. The minimum atomic E-state index is -2.83. The molecule has 0 radical (unpaired) electrons. The summed E-state index contributed by atoms with van der Waals surface area (Å²) < 4.78 is 34.2. The van der Waals surface area contributed by atoms with Crippen LogP contribution >= 0.6 is 0 Å². The lowest BCUT2D eigenvalue weighted by Gasteiger charge is -2.11. The summed E-state index contributed by atoms with van der Waals surface area (Å²) in [6.45, 7) is -0.576. The highest BCUT2D eigenvalue weighted by Crippen LogP contribution is 2.26. The lowest BCUT2D eigenvalue weighted by molar-refractivity contribution is -0.0493. The van der Waals surface area contributed by atoms with Gasteiger partial charge in [-0.05, 0) is 31.2 Å². The average Bonchev–Trinajstić information content (AvgIpc) is 2.73. The maximum Gasteiger partial charge on any atom is 0.387 e. The molecule has 1 heterocycles. The van der Waals surface area contributed by atoms with Gasteiger partial charge in [0.1, 0.15) is 17.3 Å². The van der Waals surface area contributed by atoms with E-state index in [1.807, 2.05) is 19.1 Å². The van der Waals surface area contributed by atoms with Crippen molar-refractivity contribution in [3.05, 3.63) is 47.9 Å². The Morgan fingerprint density at radius 2 is 2.00 bits per heavy atom. The number of alkyl halides is 2. The van der Waals surface area contributed by atoms with E-state index >= 15 is 0 Å². The van der Waals surface area contributed by atoms with Crippen molar-refractivity contribution in [3.63, 3.8) is 0 Å². The van der Waals surface area contributed by atoms with Crippen LogP contribution in [0.4, 0.5) is 14.5 Å². The first-order chi connectivity index (χ1) is 8.65. The third kappa shape index (κ3) is 3.23. The van der Waals surface area contributed by atoms with Crippen molar-refractivity contribution in [1.29, 1.82) is 0 Å². The molecule has 0 amide bonds. The van der Waals surface area contributed by atoms with E-state index < -0.39 is 6.61 Å². The normalized spacial score (nSPS) is 10.7. The Kier molecular flexibility index (Phi) is 3.82. The van der Waals surface area contributed by atoms with Crippen LogP contribution in [0.25, 0.3) is 0 Å². The summed E-state index contributed by atoms with van der Waals surface area (Å²) in [5, 5.41) is 3.00. The number of anilines is 1. The van der Waals surface area contributed by atoms with E-state index in [4.69, 9.17) is 4.42 Å². The second kappa shape index (κ2) is 5.53. The van der Waals surface area contributed by atoms with Gasteiger partial charge in [-0.2, -0.15) is 8.78 Å². The molecular formula is C13H13F2NO2. The molecule has 18 heavy (non-hydrogen) atoms. The van der Waals surface area contributed by atoms with Crippen LogP contribution in [0.2, 0.25) is 0 Å². The Labute approximate surface area is 103 Å². The van der Waals surface area contributed by atoms with Crippen LogP contribution in [0.3, 0.4) is 0 Å². The van der Waals surface area contributed by atoms with E-state index in [9.17, 15) is 8.78 Å². The number of benzene rings is 1. The van der Waals surface area contributed by atoms with E-state index in [1.165, 1.54) is 6.07 Å². The van der Waals surface area contributed by atoms with E-state index in [0.29, 0.717) is 12.2 Å². The summed E-state index contributed by atoms with van der Waals surface area (Å²) in [5.74, 6) is 1.67. The number of hydrogen-bond acceptors (Lipinski definition) is 3. The topological polar surface area (TPSA) is 34.4 Å². The zero-order valence-corrected chi connectivity index (χ0v) is 9.82. The third-order valence-corrected chi connectivity index (χ3v) is 2.35. The zero-order valence-electron chi connectivity index (χ0n) is 9.82. The van der Waals surface area contributed by atoms with Crippen molar-refractivity contribution >= 4 is 5.69 Å². The van der Waals surface area contributed by atoms with Gasteiger partial charge in [0.2, 0.25) is 0 Å². The summed E-state index contributed by atoms with van der Waals surface area (Å²) in [5.41, 5.74) is 0.506. The molecule has 1 N–H and O–H groups in total. The number of aryl methyl sites for hydroxylation is 1. The van der Waals surface area contributed by atoms with E-state index in [1.54, 1.807) is 18.2 Å². The molecule has 2 aromatic rings. The molecule has 0 bridgehead atoms. The van der Waals surface area contributed by atoms with Crippen LogP contribution < -0.4 is 10.1 Å². The average molecular weight is 253 g/mol. The summed E-state index contributed by atoms with van der Waals surface area (Å²) >= 11 is 0. The molecule has 0 aliphatic heterocycles. The molecule has 0 aliphatic carbocycles. The van der Waals surface area contributed by atoms with Crippen LogP contribution in [-0.2, 0) is 6.54 Å². The van der Waals surface area contributed by atoms with E-state index in [0.717, 1.165) is 11.5 Å². The molecular weight excluding hydrogens is 240 g/mol. The number of para-hydroxylation sites is 2.